The molecule has 0 bridgehead atoms. The molecule has 0 heterocycles. The number of hydrogen-bond donors (Lipinski definition) is 2. The van der Waals surface area contributed by atoms with E-state index in [0.29, 0.717) is 18.0 Å². The zero-order chi connectivity index (χ0) is 19.9. The number of nitrogens with one attached hydrogen (secondary N) is 2. The molecular weight excluding hydrogens is 359 g/mol. The number of carbonyl (C=O) groups is 2. The summed E-state index contributed by atoms with van der Waals surface area (Å²) in [4.78, 5) is 24.1. The summed E-state index contributed by atoms with van der Waals surface area (Å²) in [5.74, 6) is 0.744. The quantitative estimate of drug-likeness (QED) is 0.760. The summed E-state index contributed by atoms with van der Waals surface area (Å²) in [6.45, 7) is 1.81. The molecule has 1 saturated carbocycles. The Labute approximate surface area is 164 Å². The fourth-order valence-electron chi connectivity index (χ4n) is 3.52. The van der Waals surface area contributed by atoms with Crippen LogP contribution in [0.3, 0.4) is 0 Å². The van der Waals surface area contributed by atoms with Gasteiger partial charge in [0.15, 0.2) is 0 Å². The zero-order valence-electron chi connectivity index (χ0n) is 15.9. The zero-order valence-corrected chi connectivity index (χ0v) is 15.9. The molecule has 0 radical (unpaired) electrons. The third-order valence-electron chi connectivity index (χ3n) is 4.95. The van der Waals surface area contributed by atoms with E-state index in [9.17, 15) is 14.0 Å². The summed E-state index contributed by atoms with van der Waals surface area (Å²) < 4.78 is 18.6. The first-order chi connectivity index (χ1) is 13.5. The minimum absolute atomic E-state index is 0.145. The van der Waals surface area contributed by atoms with Gasteiger partial charge in [-0.25, -0.2) is 4.39 Å². The monoisotopic (exact) mass is 384 g/mol. The van der Waals surface area contributed by atoms with E-state index < -0.39 is 6.04 Å². The van der Waals surface area contributed by atoms with Gasteiger partial charge in [0.2, 0.25) is 11.8 Å². The van der Waals surface area contributed by atoms with Crippen molar-refractivity contribution in [2.75, 3.05) is 0 Å². The molecular formula is C22H25FN2O3. The Bertz CT molecular complexity index is 800. The predicted molar refractivity (Wildman–Crippen MR) is 104 cm³/mol. The number of hydrogen-bond acceptors (Lipinski definition) is 3. The molecule has 0 saturated heterocycles. The lowest BCUT2D eigenvalue weighted by molar-refractivity contribution is -0.129. The van der Waals surface area contributed by atoms with Gasteiger partial charge in [0.1, 0.15) is 23.4 Å². The molecule has 28 heavy (non-hydrogen) atoms. The summed E-state index contributed by atoms with van der Waals surface area (Å²) in [7, 11) is 0. The maximum atomic E-state index is 12.9. The van der Waals surface area contributed by atoms with Crippen LogP contribution in [0.25, 0.3) is 0 Å². The minimum Gasteiger partial charge on any atom is -0.457 e. The molecule has 148 valence electrons. The van der Waals surface area contributed by atoms with Crippen LogP contribution in [0.4, 0.5) is 4.39 Å². The van der Waals surface area contributed by atoms with Gasteiger partial charge in [0.05, 0.1) is 0 Å². The lowest BCUT2D eigenvalue weighted by Crippen LogP contribution is -2.49. The second-order valence-corrected chi connectivity index (χ2v) is 7.14. The number of amides is 2. The van der Waals surface area contributed by atoms with Crippen LogP contribution in [-0.4, -0.2) is 17.9 Å². The molecule has 5 nitrogen and oxygen atoms in total. The van der Waals surface area contributed by atoms with Gasteiger partial charge in [-0.2, -0.15) is 0 Å². The molecule has 1 unspecified atom stereocenters. The summed E-state index contributed by atoms with van der Waals surface area (Å²) in [5, 5.41) is 5.72. The Morgan fingerprint density at radius 1 is 1.04 bits per heavy atom. The highest BCUT2D eigenvalue weighted by molar-refractivity contribution is 5.87. The number of rotatable bonds is 7. The SMILES string of the molecule is CC(=O)NC(C(=O)NCc1ccc(Oc2ccc(F)cc2)cc1)C1CCCC1. The van der Waals surface area contributed by atoms with Crippen LogP contribution < -0.4 is 15.4 Å². The molecule has 2 aromatic rings. The van der Waals surface area contributed by atoms with Crippen molar-refractivity contribution >= 4 is 11.8 Å². The highest BCUT2D eigenvalue weighted by Crippen LogP contribution is 2.28. The third kappa shape index (κ3) is 5.55. The largest absolute Gasteiger partial charge is 0.457 e. The lowest BCUT2D eigenvalue weighted by Gasteiger charge is -2.23. The molecule has 2 amide bonds. The first kappa shape index (κ1) is 19.9. The van der Waals surface area contributed by atoms with Crippen molar-refractivity contribution in [1.82, 2.24) is 10.6 Å². The average molecular weight is 384 g/mol. The van der Waals surface area contributed by atoms with Crippen LogP contribution in [0.5, 0.6) is 11.5 Å². The maximum Gasteiger partial charge on any atom is 0.243 e. The minimum atomic E-state index is -0.471. The molecule has 1 fully saturated rings. The van der Waals surface area contributed by atoms with Crippen molar-refractivity contribution in [1.29, 1.82) is 0 Å². The van der Waals surface area contributed by atoms with E-state index in [-0.39, 0.29) is 23.5 Å². The van der Waals surface area contributed by atoms with Gasteiger partial charge >= 0.3 is 0 Å². The fourth-order valence-corrected chi connectivity index (χ4v) is 3.52. The van der Waals surface area contributed by atoms with E-state index in [4.69, 9.17) is 4.74 Å². The van der Waals surface area contributed by atoms with Crippen molar-refractivity contribution in [3.05, 3.63) is 59.9 Å². The van der Waals surface area contributed by atoms with E-state index >= 15 is 0 Å². The Morgan fingerprint density at radius 2 is 1.61 bits per heavy atom. The smallest absolute Gasteiger partial charge is 0.243 e. The second kappa shape index (κ2) is 9.35. The Hall–Kier alpha value is -2.89. The van der Waals surface area contributed by atoms with Crippen molar-refractivity contribution in [3.8, 4) is 11.5 Å². The van der Waals surface area contributed by atoms with Gasteiger partial charge in [-0.05, 0) is 60.7 Å². The number of benzene rings is 2. The lowest BCUT2D eigenvalue weighted by atomic mass is 9.97. The van der Waals surface area contributed by atoms with Crippen molar-refractivity contribution in [2.24, 2.45) is 5.92 Å². The van der Waals surface area contributed by atoms with Crippen LogP contribution in [0, 0.1) is 11.7 Å². The Balaban J connectivity index is 1.55. The van der Waals surface area contributed by atoms with E-state index in [1.165, 1.54) is 19.1 Å². The molecule has 0 aliphatic heterocycles. The number of ether oxygens (including phenoxy) is 1. The fraction of sp³-hybridized carbons (Fsp3) is 0.364. The number of halogens is 1. The average Bonchev–Trinajstić information content (AvgIpc) is 3.21. The third-order valence-corrected chi connectivity index (χ3v) is 4.95. The number of carbonyl (C=O) groups excluding carboxylic acids is 2. The van der Waals surface area contributed by atoms with E-state index in [1.807, 2.05) is 12.1 Å². The van der Waals surface area contributed by atoms with Crippen LogP contribution in [-0.2, 0) is 16.1 Å². The molecule has 3 rings (SSSR count). The van der Waals surface area contributed by atoms with Gasteiger partial charge in [0, 0.05) is 13.5 Å². The standard InChI is InChI=1S/C22H25FN2O3/c1-15(26)25-21(17-4-2-3-5-17)22(27)24-14-16-6-10-19(11-7-16)28-20-12-8-18(23)9-13-20/h6-13,17,21H,2-5,14H2,1H3,(H,24,27)(H,25,26). The molecule has 1 aliphatic rings. The predicted octanol–water partition coefficient (Wildman–Crippen LogP) is 3.93. The van der Waals surface area contributed by atoms with E-state index in [1.54, 1.807) is 24.3 Å². The molecule has 0 spiro atoms. The molecule has 0 aromatic heterocycles. The first-order valence-electron chi connectivity index (χ1n) is 9.58. The molecule has 2 aromatic carbocycles. The highest BCUT2D eigenvalue weighted by atomic mass is 19.1. The summed E-state index contributed by atoms with van der Waals surface area (Å²) in [6, 6.07) is 12.7. The molecule has 1 aliphatic carbocycles. The van der Waals surface area contributed by atoms with Crippen LogP contribution in [0.15, 0.2) is 48.5 Å². The second-order valence-electron chi connectivity index (χ2n) is 7.14. The summed E-state index contributed by atoms with van der Waals surface area (Å²) in [5.41, 5.74) is 0.924. The van der Waals surface area contributed by atoms with Gasteiger partial charge in [-0.15, -0.1) is 0 Å². The Morgan fingerprint density at radius 3 is 2.18 bits per heavy atom. The van der Waals surface area contributed by atoms with Gasteiger partial charge < -0.3 is 15.4 Å². The van der Waals surface area contributed by atoms with Crippen LogP contribution in [0.2, 0.25) is 0 Å². The Kier molecular flexibility index (Phi) is 6.63. The molecule has 1 atom stereocenters. The summed E-state index contributed by atoms with van der Waals surface area (Å²) >= 11 is 0. The summed E-state index contributed by atoms with van der Waals surface area (Å²) in [6.07, 6.45) is 4.13. The highest BCUT2D eigenvalue weighted by Gasteiger charge is 2.31. The van der Waals surface area contributed by atoms with Gasteiger partial charge in [-0.3, -0.25) is 9.59 Å². The van der Waals surface area contributed by atoms with Crippen molar-refractivity contribution in [2.45, 2.75) is 45.2 Å². The normalized spacial score (nSPS) is 15.1. The topological polar surface area (TPSA) is 67.4 Å². The van der Waals surface area contributed by atoms with Crippen LogP contribution >= 0.6 is 0 Å². The maximum absolute atomic E-state index is 12.9. The van der Waals surface area contributed by atoms with Crippen LogP contribution in [0.1, 0.15) is 38.2 Å². The molecule has 2 N–H and O–H groups in total. The molecule has 6 heteroatoms. The van der Waals surface area contributed by atoms with E-state index in [2.05, 4.69) is 10.6 Å². The van der Waals surface area contributed by atoms with Gasteiger partial charge in [0.25, 0.3) is 0 Å². The van der Waals surface area contributed by atoms with Crippen molar-refractivity contribution in [3.63, 3.8) is 0 Å². The van der Waals surface area contributed by atoms with Gasteiger partial charge in [-0.1, -0.05) is 25.0 Å². The first-order valence-corrected chi connectivity index (χ1v) is 9.58. The van der Waals surface area contributed by atoms with Crippen molar-refractivity contribution < 1.29 is 18.7 Å². The van der Waals surface area contributed by atoms with E-state index in [0.717, 1.165) is 31.2 Å².